The highest BCUT2D eigenvalue weighted by Gasteiger charge is 2.02. The molecule has 0 saturated heterocycles. The first-order chi connectivity index (χ1) is 6.19. The zero-order valence-corrected chi connectivity index (χ0v) is 7.46. The lowest BCUT2D eigenvalue weighted by Crippen LogP contribution is -1.84. The number of aryl methyl sites for hydroxylation is 2. The van der Waals surface area contributed by atoms with Crippen LogP contribution in [0.15, 0.2) is 17.1 Å². The summed E-state index contributed by atoms with van der Waals surface area (Å²) in [4.78, 5) is 13.6. The molecule has 0 heterocycles. The summed E-state index contributed by atoms with van der Waals surface area (Å²) < 4.78 is 0. The maximum Gasteiger partial charge on any atom is 0.240 e. The lowest BCUT2D eigenvalue weighted by Gasteiger charge is -2.01. The van der Waals surface area contributed by atoms with Gasteiger partial charge in [0.15, 0.2) is 0 Å². The quantitative estimate of drug-likeness (QED) is 0.481. The van der Waals surface area contributed by atoms with E-state index < -0.39 is 0 Å². The molecule has 1 aromatic rings. The molecule has 0 saturated carbocycles. The summed E-state index contributed by atoms with van der Waals surface area (Å²) in [5.74, 6) is 0. The Bertz CT molecular complexity index is 423. The second-order valence-corrected chi connectivity index (χ2v) is 2.77. The van der Waals surface area contributed by atoms with Crippen LogP contribution in [-0.4, -0.2) is 6.08 Å². The van der Waals surface area contributed by atoms with Crippen molar-refractivity contribution in [1.29, 1.82) is 5.26 Å². The Morgan fingerprint density at radius 1 is 1.31 bits per heavy atom. The van der Waals surface area contributed by atoms with Gasteiger partial charge in [-0.25, -0.2) is 4.79 Å². The molecule has 0 aliphatic heterocycles. The number of isocyanates is 1. The van der Waals surface area contributed by atoms with Crippen LogP contribution in [0.2, 0.25) is 0 Å². The maximum atomic E-state index is 10.0. The number of rotatable bonds is 1. The Balaban J connectivity index is 3.38. The van der Waals surface area contributed by atoms with Gasteiger partial charge in [-0.3, -0.25) is 0 Å². The zero-order valence-electron chi connectivity index (χ0n) is 7.46. The average Bonchev–Trinajstić information content (AvgIpc) is 2.11. The van der Waals surface area contributed by atoms with Crippen molar-refractivity contribution >= 4 is 11.8 Å². The molecule has 64 valence electrons. The van der Waals surface area contributed by atoms with E-state index >= 15 is 0 Å². The minimum absolute atomic E-state index is 0.575. The molecule has 0 fully saturated rings. The SMILES string of the molecule is Cc1cc(N=C=O)c(C)cc1C#N. The maximum absolute atomic E-state index is 10.0. The molecule has 1 rings (SSSR count). The largest absolute Gasteiger partial charge is 0.240 e. The minimum Gasteiger partial charge on any atom is -0.211 e. The molecule has 0 amide bonds. The number of nitrogens with zero attached hydrogens (tertiary/aromatic N) is 2. The molecule has 0 aliphatic rings. The molecule has 3 heteroatoms. The first kappa shape index (κ1) is 9.18. The van der Waals surface area contributed by atoms with Crippen molar-refractivity contribution in [1.82, 2.24) is 0 Å². The number of hydrogen-bond acceptors (Lipinski definition) is 3. The van der Waals surface area contributed by atoms with Gasteiger partial charge in [0, 0.05) is 0 Å². The third-order valence-electron chi connectivity index (χ3n) is 1.83. The van der Waals surface area contributed by atoms with Gasteiger partial charge in [-0.15, -0.1) is 0 Å². The van der Waals surface area contributed by atoms with Crippen molar-refractivity contribution in [2.75, 3.05) is 0 Å². The first-order valence-corrected chi connectivity index (χ1v) is 3.78. The second kappa shape index (κ2) is 3.66. The zero-order chi connectivity index (χ0) is 9.84. The summed E-state index contributed by atoms with van der Waals surface area (Å²) in [6, 6.07) is 5.49. The minimum atomic E-state index is 0.575. The van der Waals surface area contributed by atoms with Gasteiger partial charge in [-0.2, -0.15) is 10.3 Å². The van der Waals surface area contributed by atoms with Gasteiger partial charge in [0.1, 0.15) is 0 Å². The Morgan fingerprint density at radius 2 is 2.00 bits per heavy atom. The van der Waals surface area contributed by atoms with E-state index in [1.165, 1.54) is 6.08 Å². The lowest BCUT2D eigenvalue weighted by molar-refractivity contribution is 0.565. The van der Waals surface area contributed by atoms with E-state index in [0.717, 1.165) is 11.1 Å². The van der Waals surface area contributed by atoms with E-state index in [2.05, 4.69) is 11.1 Å². The fourth-order valence-corrected chi connectivity index (χ4v) is 1.09. The molecule has 0 aromatic heterocycles. The molecule has 0 aliphatic carbocycles. The van der Waals surface area contributed by atoms with Crippen LogP contribution in [0.4, 0.5) is 5.69 Å². The Hall–Kier alpha value is -1.91. The lowest BCUT2D eigenvalue weighted by atomic mass is 10.1. The summed E-state index contributed by atoms with van der Waals surface area (Å²) in [5, 5.41) is 8.71. The van der Waals surface area contributed by atoms with E-state index in [0.29, 0.717) is 11.3 Å². The van der Waals surface area contributed by atoms with Gasteiger partial charge >= 0.3 is 0 Å². The Morgan fingerprint density at radius 3 is 2.54 bits per heavy atom. The van der Waals surface area contributed by atoms with Crippen molar-refractivity contribution < 1.29 is 4.79 Å². The topological polar surface area (TPSA) is 53.2 Å². The van der Waals surface area contributed by atoms with Gasteiger partial charge in [0.25, 0.3) is 0 Å². The predicted molar refractivity (Wildman–Crippen MR) is 48.4 cm³/mol. The summed E-state index contributed by atoms with van der Waals surface area (Å²) in [5.41, 5.74) is 2.82. The van der Waals surface area contributed by atoms with Crippen LogP contribution in [-0.2, 0) is 4.79 Å². The molecule has 0 bridgehead atoms. The van der Waals surface area contributed by atoms with Crippen LogP contribution in [0.1, 0.15) is 16.7 Å². The Labute approximate surface area is 76.3 Å². The number of carbonyl (C=O) groups excluding carboxylic acids is 1. The second-order valence-electron chi connectivity index (χ2n) is 2.77. The van der Waals surface area contributed by atoms with Crippen LogP contribution < -0.4 is 0 Å². The molecule has 0 spiro atoms. The van der Waals surface area contributed by atoms with E-state index in [-0.39, 0.29) is 0 Å². The van der Waals surface area contributed by atoms with E-state index in [1.807, 2.05) is 6.92 Å². The molecular weight excluding hydrogens is 164 g/mol. The van der Waals surface area contributed by atoms with Crippen molar-refractivity contribution in [3.63, 3.8) is 0 Å². The highest BCUT2D eigenvalue weighted by atomic mass is 16.1. The summed E-state index contributed by atoms with van der Waals surface area (Å²) >= 11 is 0. The summed E-state index contributed by atoms with van der Waals surface area (Å²) in [6.07, 6.45) is 1.48. The molecule has 13 heavy (non-hydrogen) atoms. The summed E-state index contributed by atoms with van der Waals surface area (Å²) in [6.45, 7) is 3.61. The number of aliphatic imine (C=N–C) groups is 1. The Kier molecular flexibility index (Phi) is 2.59. The highest BCUT2D eigenvalue weighted by Crippen LogP contribution is 2.22. The predicted octanol–water partition coefficient (Wildman–Crippen LogP) is 2.14. The van der Waals surface area contributed by atoms with Gasteiger partial charge in [-0.05, 0) is 37.1 Å². The fraction of sp³-hybridized carbons (Fsp3) is 0.200. The molecule has 0 unspecified atom stereocenters. The molecular formula is C10H8N2O. The highest BCUT2D eigenvalue weighted by molar-refractivity contribution is 5.58. The van der Waals surface area contributed by atoms with Crippen LogP contribution in [0, 0.1) is 25.2 Å². The third-order valence-corrected chi connectivity index (χ3v) is 1.83. The van der Waals surface area contributed by atoms with Crippen LogP contribution in [0.3, 0.4) is 0 Å². The summed E-state index contributed by atoms with van der Waals surface area (Å²) in [7, 11) is 0. The smallest absolute Gasteiger partial charge is 0.211 e. The van der Waals surface area contributed by atoms with Crippen molar-refractivity contribution in [3.8, 4) is 6.07 Å². The number of benzene rings is 1. The molecule has 3 nitrogen and oxygen atoms in total. The van der Waals surface area contributed by atoms with Gasteiger partial charge < -0.3 is 0 Å². The monoisotopic (exact) mass is 172 g/mol. The van der Waals surface area contributed by atoms with Crippen molar-refractivity contribution in [3.05, 3.63) is 28.8 Å². The van der Waals surface area contributed by atoms with Crippen LogP contribution in [0.25, 0.3) is 0 Å². The normalized spacial score (nSPS) is 8.69. The molecule has 0 N–H and O–H groups in total. The number of hydrogen-bond donors (Lipinski definition) is 0. The van der Waals surface area contributed by atoms with Crippen LogP contribution >= 0.6 is 0 Å². The standard InChI is InChI=1S/C10H8N2O/c1-7-4-10(12-6-13)8(2)3-9(7)5-11/h3-4H,1-2H3. The molecule has 0 atom stereocenters. The third kappa shape index (κ3) is 1.81. The molecule has 1 aromatic carbocycles. The van der Waals surface area contributed by atoms with Gasteiger partial charge in [0.05, 0.1) is 17.3 Å². The first-order valence-electron chi connectivity index (χ1n) is 3.78. The van der Waals surface area contributed by atoms with Crippen LogP contribution in [0.5, 0.6) is 0 Å². The van der Waals surface area contributed by atoms with Gasteiger partial charge in [0.2, 0.25) is 6.08 Å². The number of nitriles is 1. The van der Waals surface area contributed by atoms with E-state index in [1.54, 1.807) is 19.1 Å². The van der Waals surface area contributed by atoms with Crippen molar-refractivity contribution in [2.45, 2.75) is 13.8 Å². The fourth-order valence-electron chi connectivity index (χ4n) is 1.09. The van der Waals surface area contributed by atoms with E-state index in [9.17, 15) is 4.79 Å². The average molecular weight is 172 g/mol. The van der Waals surface area contributed by atoms with Crippen molar-refractivity contribution in [2.24, 2.45) is 4.99 Å². The van der Waals surface area contributed by atoms with E-state index in [4.69, 9.17) is 5.26 Å². The van der Waals surface area contributed by atoms with Gasteiger partial charge in [-0.1, -0.05) is 0 Å². The molecule has 0 radical (unpaired) electrons.